The zero-order chi connectivity index (χ0) is 19.5. The van der Waals surface area contributed by atoms with Gasteiger partial charge in [0.25, 0.3) is 5.91 Å². The van der Waals surface area contributed by atoms with Gasteiger partial charge >= 0.3 is 0 Å². The molecule has 0 atom stereocenters. The monoisotopic (exact) mass is 376 g/mol. The van der Waals surface area contributed by atoms with Gasteiger partial charge in [-0.25, -0.2) is 0 Å². The van der Waals surface area contributed by atoms with Gasteiger partial charge in [-0.2, -0.15) is 0 Å². The van der Waals surface area contributed by atoms with Gasteiger partial charge in [0.15, 0.2) is 23.0 Å². The van der Waals surface area contributed by atoms with Crippen LogP contribution in [0.3, 0.4) is 0 Å². The van der Waals surface area contributed by atoms with Crippen molar-refractivity contribution in [2.75, 3.05) is 23.8 Å². The molecular formula is C21H20N4O3. The largest absolute Gasteiger partial charge is 0.486 e. The average molecular weight is 376 g/mol. The van der Waals surface area contributed by atoms with Crippen molar-refractivity contribution in [2.24, 2.45) is 0 Å². The van der Waals surface area contributed by atoms with E-state index >= 15 is 0 Å². The maximum atomic E-state index is 12.5. The Morgan fingerprint density at radius 3 is 2.39 bits per heavy atom. The molecular weight excluding hydrogens is 356 g/mol. The highest BCUT2D eigenvalue weighted by Gasteiger charge is 2.13. The number of hydrogen-bond donors (Lipinski definition) is 2. The van der Waals surface area contributed by atoms with Crippen molar-refractivity contribution in [3.05, 3.63) is 65.4 Å². The van der Waals surface area contributed by atoms with Gasteiger partial charge < -0.3 is 20.1 Å². The minimum atomic E-state index is -0.296. The smallest absolute Gasteiger partial charge is 0.276 e. The van der Waals surface area contributed by atoms with Crippen molar-refractivity contribution in [3.63, 3.8) is 0 Å². The fourth-order valence-electron chi connectivity index (χ4n) is 2.98. The topological polar surface area (TPSA) is 85.4 Å². The summed E-state index contributed by atoms with van der Waals surface area (Å²) in [5.74, 6) is 1.64. The van der Waals surface area contributed by atoms with Crippen LogP contribution in [0.2, 0.25) is 0 Å². The van der Waals surface area contributed by atoms with Gasteiger partial charge in [0, 0.05) is 17.4 Å². The number of aryl methyl sites for hydroxylation is 2. The summed E-state index contributed by atoms with van der Waals surface area (Å²) in [6.45, 7) is 4.99. The van der Waals surface area contributed by atoms with Crippen LogP contribution in [0.1, 0.15) is 21.6 Å². The van der Waals surface area contributed by atoms with E-state index in [9.17, 15) is 4.79 Å². The summed E-state index contributed by atoms with van der Waals surface area (Å²) >= 11 is 0. The fourth-order valence-corrected chi connectivity index (χ4v) is 2.98. The van der Waals surface area contributed by atoms with E-state index in [0.29, 0.717) is 24.8 Å². The Labute approximate surface area is 162 Å². The number of fused-ring (bicyclic) bond motifs is 1. The number of nitrogens with one attached hydrogen (secondary N) is 2. The molecule has 2 heterocycles. The molecule has 2 N–H and O–H groups in total. The van der Waals surface area contributed by atoms with Crippen LogP contribution in [-0.2, 0) is 0 Å². The zero-order valence-electron chi connectivity index (χ0n) is 15.7. The zero-order valence-corrected chi connectivity index (χ0v) is 15.7. The highest BCUT2D eigenvalue weighted by Crippen LogP contribution is 2.33. The fraction of sp³-hybridized carbons (Fsp3) is 0.190. The van der Waals surface area contributed by atoms with E-state index < -0.39 is 0 Å². The lowest BCUT2D eigenvalue weighted by molar-refractivity contribution is 0.102. The third-order valence-electron chi connectivity index (χ3n) is 4.43. The molecule has 0 fully saturated rings. The number of rotatable bonds is 4. The van der Waals surface area contributed by atoms with Gasteiger partial charge in [0.05, 0.1) is 0 Å². The summed E-state index contributed by atoms with van der Waals surface area (Å²) < 4.78 is 11.1. The minimum absolute atomic E-state index is 0.246. The number of anilines is 3. The molecule has 28 heavy (non-hydrogen) atoms. The standard InChI is InChI=1S/C21H20N4O3/c1-13-4-3-5-14(2)20(13)23-21(26)16-7-9-19(25-24-16)22-15-6-8-17-18(12-15)28-11-10-27-17/h3-9,12H,10-11H2,1-2H3,(H,22,25)(H,23,26). The predicted octanol–water partition coefficient (Wildman–Crippen LogP) is 3.86. The second kappa shape index (κ2) is 7.56. The Kier molecular flexibility index (Phi) is 4.80. The quantitative estimate of drug-likeness (QED) is 0.719. The molecule has 7 heteroatoms. The predicted molar refractivity (Wildman–Crippen MR) is 107 cm³/mol. The third-order valence-corrected chi connectivity index (χ3v) is 4.43. The molecule has 0 saturated carbocycles. The Hall–Kier alpha value is -3.61. The number of nitrogens with zero attached hydrogens (tertiary/aromatic N) is 2. The summed E-state index contributed by atoms with van der Waals surface area (Å²) in [5.41, 5.74) is 3.84. The molecule has 0 radical (unpaired) electrons. The first-order valence-electron chi connectivity index (χ1n) is 8.98. The number of carbonyl (C=O) groups is 1. The third kappa shape index (κ3) is 3.73. The lowest BCUT2D eigenvalue weighted by Crippen LogP contribution is -2.16. The number of carbonyl (C=O) groups excluding carboxylic acids is 1. The van der Waals surface area contributed by atoms with Crippen molar-refractivity contribution in [1.82, 2.24) is 10.2 Å². The second-order valence-corrected chi connectivity index (χ2v) is 6.51. The molecule has 2 aromatic carbocycles. The van der Waals surface area contributed by atoms with Gasteiger partial charge in [0.1, 0.15) is 13.2 Å². The summed E-state index contributed by atoms with van der Waals surface area (Å²) in [7, 11) is 0. The maximum absolute atomic E-state index is 12.5. The molecule has 1 amide bonds. The second-order valence-electron chi connectivity index (χ2n) is 6.51. The van der Waals surface area contributed by atoms with Crippen LogP contribution in [0.4, 0.5) is 17.2 Å². The van der Waals surface area contributed by atoms with Gasteiger partial charge in [-0.3, -0.25) is 4.79 Å². The van der Waals surface area contributed by atoms with Crippen LogP contribution >= 0.6 is 0 Å². The van der Waals surface area contributed by atoms with E-state index in [4.69, 9.17) is 9.47 Å². The number of hydrogen-bond acceptors (Lipinski definition) is 6. The molecule has 1 aromatic heterocycles. The van der Waals surface area contributed by atoms with Gasteiger partial charge in [-0.1, -0.05) is 18.2 Å². The highest BCUT2D eigenvalue weighted by atomic mass is 16.6. The Morgan fingerprint density at radius 1 is 0.929 bits per heavy atom. The van der Waals surface area contributed by atoms with E-state index in [1.165, 1.54) is 0 Å². The molecule has 0 bridgehead atoms. The highest BCUT2D eigenvalue weighted by molar-refractivity contribution is 6.03. The van der Waals surface area contributed by atoms with Crippen molar-refractivity contribution in [3.8, 4) is 11.5 Å². The molecule has 0 spiro atoms. The van der Waals surface area contributed by atoms with Crippen molar-refractivity contribution < 1.29 is 14.3 Å². The average Bonchev–Trinajstić information content (AvgIpc) is 2.71. The summed E-state index contributed by atoms with van der Waals surface area (Å²) in [5, 5.41) is 14.2. The number of benzene rings is 2. The number of para-hydroxylation sites is 1. The van der Waals surface area contributed by atoms with E-state index in [1.54, 1.807) is 12.1 Å². The van der Waals surface area contributed by atoms with Crippen molar-refractivity contribution in [2.45, 2.75) is 13.8 Å². The molecule has 3 aromatic rings. The molecule has 1 aliphatic heterocycles. The minimum Gasteiger partial charge on any atom is -0.486 e. The van der Waals surface area contributed by atoms with Crippen LogP contribution in [0.5, 0.6) is 11.5 Å². The van der Waals surface area contributed by atoms with E-state index in [-0.39, 0.29) is 11.6 Å². The first-order valence-corrected chi connectivity index (χ1v) is 8.98. The molecule has 0 unspecified atom stereocenters. The molecule has 0 aliphatic carbocycles. The molecule has 0 saturated heterocycles. The van der Waals surface area contributed by atoms with Crippen LogP contribution in [0.25, 0.3) is 0 Å². The molecule has 142 valence electrons. The lowest BCUT2D eigenvalue weighted by Gasteiger charge is -2.19. The van der Waals surface area contributed by atoms with Gasteiger partial charge in [-0.05, 0) is 49.2 Å². The number of amides is 1. The number of aromatic nitrogens is 2. The van der Waals surface area contributed by atoms with Gasteiger partial charge in [0.2, 0.25) is 0 Å². The molecule has 1 aliphatic rings. The van der Waals surface area contributed by atoms with Crippen LogP contribution in [-0.4, -0.2) is 29.3 Å². The van der Waals surface area contributed by atoms with Crippen molar-refractivity contribution in [1.29, 1.82) is 0 Å². The van der Waals surface area contributed by atoms with Crippen molar-refractivity contribution >= 4 is 23.1 Å². The Balaban J connectivity index is 1.46. The first-order chi connectivity index (χ1) is 13.6. The van der Waals surface area contributed by atoms with Crippen LogP contribution in [0, 0.1) is 13.8 Å². The molecule has 4 rings (SSSR count). The summed E-state index contributed by atoms with van der Waals surface area (Å²) in [4.78, 5) is 12.5. The normalized spacial score (nSPS) is 12.4. The van der Waals surface area contributed by atoms with E-state index in [0.717, 1.165) is 28.3 Å². The maximum Gasteiger partial charge on any atom is 0.276 e. The van der Waals surface area contributed by atoms with E-state index in [2.05, 4.69) is 20.8 Å². The van der Waals surface area contributed by atoms with Crippen LogP contribution in [0.15, 0.2) is 48.5 Å². The Bertz CT molecular complexity index is 998. The Morgan fingerprint density at radius 2 is 1.68 bits per heavy atom. The van der Waals surface area contributed by atoms with Gasteiger partial charge in [-0.15, -0.1) is 10.2 Å². The SMILES string of the molecule is Cc1cccc(C)c1NC(=O)c1ccc(Nc2ccc3c(c2)OCCO3)nn1. The van der Waals surface area contributed by atoms with Crippen LogP contribution < -0.4 is 20.1 Å². The number of ether oxygens (including phenoxy) is 2. The first kappa shape index (κ1) is 17.8. The lowest BCUT2D eigenvalue weighted by atomic mass is 10.1. The van der Waals surface area contributed by atoms with E-state index in [1.807, 2.05) is 50.2 Å². The summed E-state index contributed by atoms with van der Waals surface area (Å²) in [6.07, 6.45) is 0. The summed E-state index contributed by atoms with van der Waals surface area (Å²) in [6, 6.07) is 14.8. The molecule has 7 nitrogen and oxygen atoms in total.